The van der Waals surface area contributed by atoms with Crippen molar-refractivity contribution < 1.29 is 0 Å². The van der Waals surface area contributed by atoms with Gasteiger partial charge in [-0.3, -0.25) is 4.68 Å². The van der Waals surface area contributed by atoms with Crippen LogP contribution in [0.15, 0.2) is 17.8 Å². The van der Waals surface area contributed by atoms with E-state index in [2.05, 4.69) is 30.3 Å². The van der Waals surface area contributed by atoms with Crippen molar-refractivity contribution >= 4 is 0 Å². The largest absolute Gasteiger partial charge is 0.306 e. The minimum absolute atomic E-state index is 0.363. The molecule has 0 saturated heterocycles. The van der Waals surface area contributed by atoms with E-state index in [1.165, 1.54) is 56.2 Å². The predicted octanol–water partition coefficient (Wildman–Crippen LogP) is 4.05. The Morgan fingerprint density at radius 3 is 2.80 bits per heavy atom. The second-order valence-corrected chi connectivity index (χ2v) is 5.93. The minimum Gasteiger partial charge on any atom is -0.306 e. The molecule has 1 N–H and O–H groups in total. The van der Waals surface area contributed by atoms with Crippen molar-refractivity contribution in [3.63, 3.8) is 0 Å². The first-order chi connectivity index (χ1) is 9.74. The fraction of sp³-hybridized carbons (Fsp3) is 0.706. The fourth-order valence-electron chi connectivity index (χ4n) is 3.01. The number of hydrogen-bond donors (Lipinski definition) is 1. The van der Waals surface area contributed by atoms with Crippen LogP contribution in [0.5, 0.6) is 0 Å². The lowest BCUT2D eigenvalue weighted by molar-refractivity contribution is 0.538. The molecule has 2 rings (SSSR count). The van der Waals surface area contributed by atoms with Crippen LogP contribution >= 0.6 is 0 Å². The lowest BCUT2D eigenvalue weighted by Crippen LogP contribution is -2.25. The molecule has 1 atom stereocenters. The van der Waals surface area contributed by atoms with E-state index in [9.17, 15) is 0 Å². The van der Waals surface area contributed by atoms with Crippen LogP contribution in [0.3, 0.4) is 0 Å². The Labute approximate surface area is 123 Å². The van der Waals surface area contributed by atoms with Gasteiger partial charge in [0.25, 0.3) is 0 Å². The number of nitrogens with one attached hydrogen (secondary N) is 1. The zero-order valence-electron chi connectivity index (χ0n) is 13.3. The molecule has 112 valence electrons. The molecule has 1 aromatic heterocycles. The predicted molar refractivity (Wildman–Crippen MR) is 84.8 cm³/mol. The normalized spacial score (nSPS) is 18.2. The number of hydrogen-bond acceptors (Lipinski definition) is 2. The third kappa shape index (κ3) is 3.72. The Morgan fingerprint density at radius 2 is 2.10 bits per heavy atom. The van der Waals surface area contributed by atoms with E-state index < -0.39 is 0 Å². The molecule has 0 aliphatic heterocycles. The average Bonchev–Trinajstić information content (AvgIpc) is 2.73. The molecular formula is C17H29N3. The highest BCUT2D eigenvalue weighted by Gasteiger charge is 2.20. The zero-order chi connectivity index (χ0) is 14.4. The summed E-state index contributed by atoms with van der Waals surface area (Å²) in [7, 11) is 2.03. The Hall–Kier alpha value is -1.09. The van der Waals surface area contributed by atoms with Crippen LogP contribution in [0.4, 0.5) is 0 Å². The van der Waals surface area contributed by atoms with Crippen LogP contribution in [0.1, 0.15) is 69.2 Å². The van der Waals surface area contributed by atoms with Gasteiger partial charge in [-0.25, -0.2) is 0 Å². The number of aromatic nitrogens is 2. The molecule has 1 aliphatic carbocycles. The van der Waals surface area contributed by atoms with Crippen LogP contribution in [-0.4, -0.2) is 16.3 Å². The molecule has 0 fully saturated rings. The molecule has 1 unspecified atom stereocenters. The highest BCUT2D eigenvalue weighted by Crippen LogP contribution is 2.30. The van der Waals surface area contributed by atoms with Crippen LogP contribution in [0.25, 0.3) is 0 Å². The van der Waals surface area contributed by atoms with E-state index in [1.807, 2.05) is 17.9 Å². The summed E-state index contributed by atoms with van der Waals surface area (Å²) in [5, 5.41) is 8.17. The zero-order valence-corrected chi connectivity index (χ0v) is 13.3. The quantitative estimate of drug-likeness (QED) is 0.822. The molecule has 0 bridgehead atoms. The Bertz CT molecular complexity index is 445. The summed E-state index contributed by atoms with van der Waals surface area (Å²) in [6.07, 6.45) is 13.6. The lowest BCUT2D eigenvalue weighted by Gasteiger charge is -2.23. The van der Waals surface area contributed by atoms with Crippen molar-refractivity contribution in [2.75, 3.05) is 6.54 Å². The van der Waals surface area contributed by atoms with Gasteiger partial charge in [0.1, 0.15) is 0 Å². The van der Waals surface area contributed by atoms with Crippen LogP contribution in [-0.2, 0) is 7.05 Å². The highest BCUT2D eigenvalue weighted by molar-refractivity contribution is 5.30. The van der Waals surface area contributed by atoms with Crippen molar-refractivity contribution in [2.45, 2.75) is 64.8 Å². The van der Waals surface area contributed by atoms with Gasteiger partial charge in [-0.2, -0.15) is 5.10 Å². The smallest absolute Gasteiger partial charge is 0.0570 e. The molecule has 0 radical (unpaired) electrons. The summed E-state index contributed by atoms with van der Waals surface area (Å²) < 4.78 is 1.99. The van der Waals surface area contributed by atoms with E-state index in [1.54, 1.807) is 5.57 Å². The molecule has 0 amide bonds. The first-order valence-electron chi connectivity index (χ1n) is 8.14. The molecule has 3 nitrogen and oxygen atoms in total. The lowest BCUT2D eigenvalue weighted by atomic mass is 9.91. The van der Waals surface area contributed by atoms with Gasteiger partial charge in [-0.1, -0.05) is 31.4 Å². The van der Waals surface area contributed by atoms with Gasteiger partial charge < -0.3 is 5.32 Å². The van der Waals surface area contributed by atoms with Crippen LogP contribution in [0, 0.1) is 6.92 Å². The van der Waals surface area contributed by atoms with Gasteiger partial charge >= 0.3 is 0 Å². The third-order valence-corrected chi connectivity index (χ3v) is 4.38. The van der Waals surface area contributed by atoms with Crippen molar-refractivity contribution in [1.82, 2.24) is 15.1 Å². The van der Waals surface area contributed by atoms with E-state index in [4.69, 9.17) is 0 Å². The number of allylic oxidation sites excluding steroid dienone is 1. The Kier molecular flexibility index (Phi) is 5.84. The summed E-state index contributed by atoms with van der Waals surface area (Å²) in [4.78, 5) is 0. The van der Waals surface area contributed by atoms with Gasteiger partial charge in [0.2, 0.25) is 0 Å². The fourth-order valence-corrected chi connectivity index (χ4v) is 3.01. The van der Waals surface area contributed by atoms with Gasteiger partial charge in [-0.05, 0) is 45.6 Å². The van der Waals surface area contributed by atoms with Gasteiger partial charge in [0, 0.05) is 18.3 Å². The third-order valence-electron chi connectivity index (χ3n) is 4.38. The second kappa shape index (κ2) is 7.63. The number of rotatable bonds is 5. The van der Waals surface area contributed by atoms with E-state index in [-0.39, 0.29) is 0 Å². The monoisotopic (exact) mass is 275 g/mol. The van der Waals surface area contributed by atoms with Crippen molar-refractivity contribution in [1.29, 1.82) is 0 Å². The van der Waals surface area contributed by atoms with Gasteiger partial charge in [-0.15, -0.1) is 0 Å². The maximum atomic E-state index is 4.43. The standard InChI is InChI=1S/C17H29N3/c1-4-12-18-17(16-13-19-20(3)14(16)2)15-10-8-6-5-7-9-11-15/h10,13,17-18H,4-9,11-12H2,1-3H3. The highest BCUT2D eigenvalue weighted by atomic mass is 15.3. The van der Waals surface area contributed by atoms with Gasteiger partial charge in [0.05, 0.1) is 12.2 Å². The summed E-state index contributed by atoms with van der Waals surface area (Å²) in [5.74, 6) is 0. The van der Waals surface area contributed by atoms with Crippen LogP contribution in [0.2, 0.25) is 0 Å². The molecule has 1 aliphatic rings. The summed E-state index contributed by atoms with van der Waals surface area (Å²) in [5.41, 5.74) is 4.21. The van der Waals surface area contributed by atoms with E-state index >= 15 is 0 Å². The summed E-state index contributed by atoms with van der Waals surface area (Å²) >= 11 is 0. The van der Waals surface area contributed by atoms with Crippen molar-refractivity contribution in [2.24, 2.45) is 7.05 Å². The molecule has 20 heavy (non-hydrogen) atoms. The second-order valence-electron chi connectivity index (χ2n) is 5.93. The summed E-state index contributed by atoms with van der Waals surface area (Å²) in [6.45, 7) is 5.47. The number of aryl methyl sites for hydroxylation is 1. The molecule has 3 heteroatoms. The average molecular weight is 275 g/mol. The van der Waals surface area contributed by atoms with Crippen molar-refractivity contribution in [3.05, 3.63) is 29.1 Å². The maximum absolute atomic E-state index is 4.43. The minimum atomic E-state index is 0.363. The Morgan fingerprint density at radius 1 is 1.30 bits per heavy atom. The molecule has 0 aromatic carbocycles. The van der Waals surface area contributed by atoms with Gasteiger partial charge in [0.15, 0.2) is 0 Å². The molecule has 1 aromatic rings. The van der Waals surface area contributed by atoms with Crippen molar-refractivity contribution in [3.8, 4) is 0 Å². The van der Waals surface area contributed by atoms with E-state index in [0.29, 0.717) is 6.04 Å². The first-order valence-corrected chi connectivity index (χ1v) is 8.14. The molecule has 0 saturated carbocycles. The molecule has 0 spiro atoms. The molecular weight excluding hydrogens is 246 g/mol. The SMILES string of the molecule is CCCNC(C1=CCCCCCC1)c1cnn(C)c1C. The van der Waals surface area contributed by atoms with E-state index in [0.717, 1.165) is 6.54 Å². The van der Waals surface area contributed by atoms with Crippen LogP contribution < -0.4 is 5.32 Å². The molecule has 1 heterocycles. The summed E-state index contributed by atoms with van der Waals surface area (Å²) in [6, 6.07) is 0.363. The maximum Gasteiger partial charge on any atom is 0.0570 e. The first kappa shape index (κ1) is 15.3. The Balaban J connectivity index is 2.23. The number of nitrogens with zero attached hydrogens (tertiary/aromatic N) is 2. The topological polar surface area (TPSA) is 29.9 Å².